The summed E-state index contributed by atoms with van der Waals surface area (Å²) in [6.45, 7) is 8.66. The maximum Gasteiger partial charge on any atom is 0.231 e. The smallest absolute Gasteiger partial charge is 0.231 e. The normalized spacial score (nSPS) is 27.8. The molecule has 2 amide bonds. The van der Waals surface area contributed by atoms with Crippen LogP contribution < -0.4 is 5.73 Å². The zero-order valence-corrected chi connectivity index (χ0v) is 17.0. The van der Waals surface area contributed by atoms with Gasteiger partial charge in [-0.15, -0.1) is 11.8 Å². The quantitative estimate of drug-likeness (QED) is 0.815. The molecule has 3 aliphatic heterocycles. The maximum atomic E-state index is 13.0. The Morgan fingerprint density at radius 3 is 2.62 bits per heavy atom. The highest BCUT2D eigenvalue weighted by atomic mass is 32.2. The Labute approximate surface area is 161 Å². The Kier molecular flexibility index (Phi) is 6.33. The lowest BCUT2D eigenvalue weighted by atomic mass is 9.85. The molecule has 0 aromatic rings. The number of thioether (sulfide) groups is 1. The summed E-state index contributed by atoms with van der Waals surface area (Å²) in [7, 11) is 0. The summed E-state index contributed by atoms with van der Waals surface area (Å²) in [5.74, 6) is 1.58. The van der Waals surface area contributed by atoms with E-state index in [4.69, 9.17) is 5.73 Å². The molecule has 3 rings (SSSR count). The molecule has 5 nitrogen and oxygen atoms in total. The number of rotatable bonds is 4. The van der Waals surface area contributed by atoms with E-state index in [1.165, 1.54) is 11.3 Å². The molecule has 3 heterocycles. The van der Waals surface area contributed by atoms with Gasteiger partial charge >= 0.3 is 0 Å². The van der Waals surface area contributed by atoms with Gasteiger partial charge in [0.2, 0.25) is 11.8 Å². The summed E-state index contributed by atoms with van der Waals surface area (Å²) in [4.78, 5) is 29.7. The van der Waals surface area contributed by atoms with Gasteiger partial charge in [0.05, 0.1) is 12.5 Å². The summed E-state index contributed by atoms with van der Waals surface area (Å²) >= 11 is 1.87. The van der Waals surface area contributed by atoms with Crippen LogP contribution in [0.15, 0.2) is 11.0 Å². The van der Waals surface area contributed by atoms with Crippen molar-refractivity contribution in [2.24, 2.45) is 23.0 Å². The fourth-order valence-corrected chi connectivity index (χ4v) is 5.69. The van der Waals surface area contributed by atoms with E-state index in [9.17, 15) is 9.59 Å². The van der Waals surface area contributed by atoms with E-state index in [1.807, 2.05) is 11.8 Å². The topological polar surface area (TPSA) is 66.6 Å². The lowest BCUT2D eigenvalue weighted by Crippen LogP contribution is -2.39. The van der Waals surface area contributed by atoms with Crippen LogP contribution in [-0.2, 0) is 9.59 Å². The molecule has 2 saturated heterocycles. The van der Waals surface area contributed by atoms with Gasteiger partial charge in [0.15, 0.2) is 0 Å². The largest absolute Gasteiger partial charge is 0.369 e. The fourth-order valence-electron chi connectivity index (χ4n) is 4.35. The average molecular weight is 380 g/mol. The minimum absolute atomic E-state index is 0.0554. The number of carbonyl (C=O) groups is 2. The zero-order valence-electron chi connectivity index (χ0n) is 16.2. The molecule has 0 bridgehead atoms. The van der Waals surface area contributed by atoms with Crippen molar-refractivity contribution in [1.82, 2.24) is 9.80 Å². The number of amides is 2. The predicted molar refractivity (Wildman–Crippen MR) is 107 cm³/mol. The second-order valence-electron chi connectivity index (χ2n) is 8.85. The lowest BCUT2D eigenvalue weighted by molar-refractivity contribution is -0.133. The molecular formula is C20H33N3O2S. The summed E-state index contributed by atoms with van der Waals surface area (Å²) in [6.07, 6.45) is 7.80. The van der Waals surface area contributed by atoms with Crippen molar-refractivity contribution >= 4 is 23.6 Å². The molecule has 0 spiro atoms. The van der Waals surface area contributed by atoms with Crippen LogP contribution in [0.2, 0.25) is 0 Å². The van der Waals surface area contributed by atoms with Gasteiger partial charge in [-0.3, -0.25) is 14.5 Å². The monoisotopic (exact) mass is 379 g/mol. The molecule has 3 aliphatic rings. The molecular weight excluding hydrogens is 346 g/mol. The Morgan fingerprint density at radius 2 is 1.92 bits per heavy atom. The first kappa shape index (κ1) is 19.7. The van der Waals surface area contributed by atoms with E-state index in [-0.39, 0.29) is 11.8 Å². The van der Waals surface area contributed by atoms with Crippen LogP contribution in [0.3, 0.4) is 0 Å². The van der Waals surface area contributed by atoms with Crippen molar-refractivity contribution in [3.63, 3.8) is 0 Å². The number of hydrogen-bond acceptors (Lipinski definition) is 4. The van der Waals surface area contributed by atoms with Crippen LogP contribution >= 0.6 is 11.8 Å². The van der Waals surface area contributed by atoms with Gasteiger partial charge in [-0.2, -0.15) is 0 Å². The highest BCUT2D eigenvalue weighted by Crippen LogP contribution is 2.40. The van der Waals surface area contributed by atoms with Crippen LogP contribution in [0, 0.1) is 17.3 Å². The van der Waals surface area contributed by atoms with Gasteiger partial charge in [0.25, 0.3) is 0 Å². The fraction of sp³-hybridized carbons (Fsp3) is 0.800. The number of likely N-dealkylation sites (tertiary alicyclic amines) is 2. The third kappa shape index (κ3) is 5.03. The minimum atomic E-state index is -0.246. The van der Waals surface area contributed by atoms with Gasteiger partial charge in [-0.1, -0.05) is 19.9 Å². The zero-order chi connectivity index (χ0) is 18.7. The molecule has 2 N–H and O–H groups in total. The highest BCUT2D eigenvalue weighted by molar-refractivity contribution is 8.03. The Bertz CT molecular complexity index is 567. The first-order chi connectivity index (χ1) is 12.3. The van der Waals surface area contributed by atoms with Crippen molar-refractivity contribution < 1.29 is 9.59 Å². The summed E-state index contributed by atoms with van der Waals surface area (Å²) in [6, 6.07) is 0. The van der Waals surface area contributed by atoms with E-state index >= 15 is 0 Å². The Morgan fingerprint density at radius 1 is 1.19 bits per heavy atom. The van der Waals surface area contributed by atoms with Crippen molar-refractivity contribution in [2.75, 3.05) is 38.5 Å². The predicted octanol–water partition coefficient (Wildman–Crippen LogP) is 2.47. The molecule has 0 saturated carbocycles. The van der Waals surface area contributed by atoms with Crippen molar-refractivity contribution in [1.29, 1.82) is 0 Å². The molecule has 0 aliphatic carbocycles. The molecule has 146 valence electrons. The first-order valence-corrected chi connectivity index (χ1v) is 11.0. The minimum Gasteiger partial charge on any atom is -0.369 e. The SMILES string of the molecule is CC1(C)CCCN(C(=O)C2C=C(C3CCN(CC(N)=O)CC3)SC2)CC1. The van der Waals surface area contributed by atoms with Gasteiger partial charge in [0, 0.05) is 18.8 Å². The number of carbonyl (C=O) groups excluding carboxylic acids is 2. The third-order valence-electron chi connectivity index (χ3n) is 6.13. The highest BCUT2D eigenvalue weighted by Gasteiger charge is 2.33. The van der Waals surface area contributed by atoms with Crippen LogP contribution in [0.25, 0.3) is 0 Å². The van der Waals surface area contributed by atoms with Gasteiger partial charge in [-0.05, 0) is 61.4 Å². The maximum absolute atomic E-state index is 13.0. The average Bonchev–Trinajstić information content (AvgIpc) is 3.00. The molecule has 6 heteroatoms. The van der Waals surface area contributed by atoms with Crippen LogP contribution in [0.4, 0.5) is 0 Å². The number of primary amides is 1. The Balaban J connectivity index is 1.53. The van der Waals surface area contributed by atoms with Gasteiger partial charge < -0.3 is 10.6 Å². The van der Waals surface area contributed by atoms with E-state index in [1.54, 1.807) is 0 Å². The molecule has 26 heavy (non-hydrogen) atoms. The molecule has 0 radical (unpaired) electrons. The molecule has 1 unspecified atom stereocenters. The van der Waals surface area contributed by atoms with Crippen molar-refractivity contribution in [3.8, 4) is 0 Å². The standard InChI is InChI=1S/C20H33N3O2S/c1-20(2)6-3-8-23(11-7-20)19(25)16-12-17(26-14-16)15-4-9-22(10-5-15)13-18(21)24/h12,15-16H,3-11,13-14H2,1-2H3,(H2,21,24). The van der Waals surface area contributed by atoms with E-state index < -0.39 is 0 Å². The number of nitrogens with two attached hydrogens (primary N) is 1. The first-order valence-electron chi connectivity index (χ1n) is 9.98. The van der Waals surface area contributed by atoms with Gasteiger partial charge in [-0.25, -0.2) is 0 Å². The number of piperidine rings is 1. The van der Waals surface area contributed by atoms with Gasteiger partial charge in [0.1, 0.15) is 0 Å². The summed E-state index contributed by atoms with van der Waals surface area (Å²) < 4.78 is 0. The molecule has 1 atom stereocenters. The number of allylic oxidation sites excluding steroid dienone is 1. The number of hydrogen-bond donors (Lipinski definition) is 1. The van der Waals surface area contributed by atoms with Crippen LogP contribution in [-0.4, -0.2) is 60.1 Å². The summed E-state index contributed by atoms with van der Waals surface area (Å²) in [5.41, 5.74) is 5.65. The third-order valence-corrected chi connectivity index (χ3v) is 7.46. The lowest BCUT2D eigenvalue weighted by Gasteiger charge is -2.31. The van der Waals surface area contributed by atoms with Crippen molar-refractivity contribution in [2.45, 2.75) is 46.0 Å². The number of nitrogens with zero attached hydrogens (tertiary/aromatic N) is 2. The van der Waals surface area contributed by atoms with E-state index in [0.717, 1.165) is 57.6 Å². The molecule has 0 aromatic carbocycles. The second-order valence-corrected chi connectivity index (χ2v) is 9.94. The Hall–Kier alpha value is -1.01. The van der Waals surface area contributed by atoms with E-state index in [0.29, 0.717) is 23.8 Å². The van der Waals surface area contributed by atoms with Crippen LogP contribution in [0.5, 0.6) is 0 Å². The second kappa shape index (κ2) is 8.34. The van der Waals surface area contributed by atoms with E-state index in [2.05, 4.69) is 29.7 Å². The molecule has 2 fully saturated rings. The van der Waals surface area contributed by atoms with Crippen LogP contribution in [0.1, 0.15) is 46.0 Å². The van der Waals surface area contributed by atoms with Crippen molar-refractivity contribution in [3.05, 3.63) is 11.0 Å². The summed E-state index contributed by atoms with van der Waals surface area (Å²) in [5, 5.41) is 0. The molecule has 0 aromatic heterocycles.